The smallest absolute Gasteiger partial charge is 0.245 e. The molecule has 178 valence electrons. The quantitative estimate of drug-likeness (QED) is 0.401. The van der Waals surface area contributed by atoms with Gasteiger partial charge in [-0.05, 0) is 36.8 Å². The minimum absolute atomic E-state index is 0.0602. The third-order valence-corrected chi connectivity index (χ3v) is 6.33. The lowest BCUT2D eigenvalue weighted by molar-refractivity contribution is -0.125. The molecule has 4 heterocycles. The standard InChI is InChI=1S/C25H23ClN6O3/c1-3-22(33)31-11-8-15(14-31)23-20-7-10-29-25(27)32(20)24(30-23)18-5-4-17(12-19(18)26)35-21-13-16(34-2)6-9-28-21/h3-7,9-10,12-13,15H,1,8,11,14H2,2H3,(H2,27,29). The molecule has 10 heteroatoms. The second-order valence-corrected chi connectivity index (χ2v) is 8.50. The summed E-state index contributed by atoms with van der Waals surface area (Å²) in [6.45, 7) is 4.80. The minimum Gasteiger partial charge on any atom is -0.497 e. The van der Waals surface area contributed by atoms with Crippen molar-refractivity contribution in [1.82, 2.24) is 24.3 Å². The third kappa shape index (κ3) is 4.26. The van der Waals surface area contributed by atoms with E-state index in [2.05, 4.69) is 16.5 Å². The molecule has 4 aromatic rings. The van der Waals surface area contributed by atoms with Gasteiger partial charge in [0.2, 0.25) is 17.7 Å². The van der Waals surface area contributed by atoms with E-state index in [-0.39, 0.29) is 11.8 Å². The number of hydrogen-bond donors (Lipinski definition) is 1. The zero-order valence-corrected chi connectivity index (χ0v) is 19.8. The number of rotatable bonds is 6. The molecule has 0 radical (unpaired) electrons. The molecule has 0 spiro atoms. The van der Waals surface area contributed by atoms with E-state index in [1.165, 1.54) is 6.08 Å². The van der Waals surface area contributed by atoms with Crippen LogP contribution in [0.25, 0.3) is 16.9 Å². The molecule has 3 aromatic heterocycles. The SMILES string of the molecule is C=CC(=O)N1CCC(c2nc(-c3ccc(Oc4cc(OC)ccn4)cc3Cl)n3c(N)nccc23)C1. The summed E-state index contributed by atoms with van der Waals surface area (Å²) in [6, 6.07) is 10.6. The van der Waals surface area contributed by atoms with Gasteiger partial charge in [0, 0.05) is 49.1 Å². The fraction of sp³-hybridized carbons (Fsp3) is 0.200. The number of benzene rings is 1. The van der Waals surface area contributed by atoms with Crippen LogP contribution in [0.5, 0.6) is 17.4 Å². The van der Waals surface area contributed by atoms with Crippen molar-refractivity contribution in [2.24, 2.45) is 0 Å². The van der Waals surface area contributed by atoms with Crippen LogP contribution < -0.4 is 15.2 Å². The average molecular weight is 491 g/mol. The first-order valence-corrected chi connectivity index (χ1v) is 11.4. The van der Waals surface area contributed by atoms with E-state index in [4.69, 9.17) is 31.8 Å². The number of aromatic nitrogens is 4. The molecule has 1 amide bonds. The number of carbonyl (C=O) groups is 1. The minimum atomic E-state index is -0.0819. The normalized spacial score (nSPS) is 15.4. The molecular weight excluding hydrogens is 468 g/mol. The van der Waals surface area contributed by atoms with Crippen LogP contribution in [-0.4, -0.2) is 50.4 Å². The fourth-order valence-electron chi connectivity index (χ4n) is 4.31. The van der Waals surface area contributed by atoms with Gasteiger partial charge < -0.3 is 20.1 Å². The van der Waals surface area contributed by atoms with E-state index in [0.717, 1.165) is 17.6 Å². The van der Waals surface area contributed by atoms with Gasteiger partial charge in [0.05, 0.1) is 23.3 Å². The monoisotopic (exact) mass is 490 g/mol. The highest BCUT2D eigenvalue weighted by atomic mass is 35.5. The third-order valence-electron chi connectivity index (χ3n) is 6.02. The number of amides is 1. The van der Waals surface area contributed by atoms with E-state index in [1.54, 1.807) is 53.1 Å². The number of methoxy groups -OCH3 is 1. The Balaban J connectivity index is 1.51. The first-order valence-electron chi connectivity index (χ1n) is 11.0. The predicted octanol–water partition coefficient (Wildman–Crippen LogP) is 4.33. The lowest BCUT2D eigenvalue weighted by Gasteiger charge is -2.13. The summed E-state index contributed by atoms with van der Waals surface area (Å²) in [5.41, 5.74) is 8.62. The molecular formula is C25H23ClN6O3. The second-order valence-electron chi connectivity index (χ2n) is 8.10. The van der Waals surface area contributed by atoms with Crippen molar-refractivity contribution < 1.29 is 14.3 Å². The van der Waals surface area contributed by atoms with E-state index >= 15 is 0 Å². The molecule has 2 N–H and O–H groups in total. The summed E-state index contributed by atoms with van der Waals surface area (Å²) < 4.78 is 12.9. The molecule has 0 bridgehead atoms. The van der Waals surface area contributed by atoms with Gasteiger partial charge >= 0.3 is 0 Å². The molecule has 1 aromatic carbocycles. The van der Waals surface area contributed by atoms with Crippen molar-refractivity contribution >= 4 is 29.0 Å². The van der Waals surface area contributed by atoms with Crippen LogP contribution in [0.2, 0.25) is 5.02 Å². The Kier molecular flexibility index (Phi) is 6.00. The molecule has 1 unspecified atom stereocenters. The van der Waals surface area contributed by atoms with Gasteiger partial charge in [0.15, 0.2) is 0 Å². The van der Waals surface area contributed by atoms with Crippen molar-refractivity contribution in [1.29, 1.82) is 0 Å². The Morgan fingerprint density at radius 3 is 2.80 bits per heavy atom. The van der Waals surface area contributed by atoms with Crippen molar-refractivity contribution in [3.8, 4) is 28.8 Å². The number of anilines is 1. The topological polar surface area (TPSA) is 108 Å². The number of imidazole rings is 1. The number of nitrogens with zero attached hydrogens (tertiary/aromatic N) is 5. The van der Waals surface area contributed by atoms with E-state index in [0.29, 0.717) is 52.8 Å². The van der Waals surface area contributed by atoms with Crippen molar-refractivity contribution in [3.63, 3.8) is 0 Å². The first kappa shape index (κ1) is 22.7. The summed E-state index contributed by atoms with van der Waals surface area (Å²) in [5, 5.41) is 0.432. The summed E-state index contributed by atoms with van der Waals surface area (Å²) >= 11 is 6.69. The summed E-state index contributed by atoms with van der Waals surface area (Å²) in [4.78, 5) is 27.3. The number of fused-ring (bicyclic) bond motifs is 1. The van der Waals surface area contributed by atoms with Gasteiger partial charge in [-0.3, -0.25) is 9.20 Å². The highest BCUT2D eigenvalue weighted by Gasteiger charge is 2.30. The Bertz CT molecular complexity index is 1440. The number of hydrogen-bond acceptors (Lipinski definition) is 7. The molecule has 9 nitrogen and oxygen atoms in total. The van der Waals surface area contributed by atoms with Gasteiger partial charge in [-0.1, -0.05) is 18.2 Å². The van der Waals surface area contributed by atoms with Gasteiger partial charge in [-0.15, -0.1) is 0 Å². The zero-order valence-electron chi connectivity index (χ0n) is 19.0. The number of nitrogen functional groups attached to an aromatic ring is 1. The highest BCUT2D eigenvalue weighted by Crippen LogP contribution is 2.37. The molecule has 0 aliphatic carbocycles. The maximum absolute atomic E-state index is 12.1. The number of pyridine rings is 1. The number of ether oxygens (including phenoxy) is 2. The summed E-state index contributed by atoms with van der Waals surface area (Å²) in [6.07, 6.45) is 5.39. The molecule has 1 aliphatic heterocycles. The van der Waals surface area contributed by atoms with Gasteiger partial charge in [-0.25, -0.2) is 15.0 Å². The van der Waals surface area contributed by atoms with Crippen LogP contribution in [0.15, 0.2) is 61.4 Å². The number of nitrogens with two attached hydrogens (primary N) is 1. The Morgan fingerprint density at radius 1 is 1.20 bits per heavy atom. The Labute approximate surface area is 206 Å². The highest BCUT2D eigenvalue weighted by molar-refractivity contribution is 6.33. The first-order chi connectivity index (χ1) is 17.0. The predicted molar refractivity (Wildman–Crippen MR) is 133 cm³/mol. The van der Waals surface area contributed by atoms with Crippen molar-refractivity contribution in [2.75, 3.05) is 25.9 Å². The van der Waals surface area contributed by atoms with Crippen LogP contribution in [0, 0.1) is 0 Å². The largest absolute Gasteiger partial charge is 0.497 e. The van der Waals surface area contributed by atoms with Crippen LogP contribution in [-0.2, 0) is 4.79 Å². The fourth-order valence-corrected chi connectivity index (χ4v) is 4.57. The summed E-state index contributed by atoms with van der Waals surface area (Å²) in [7, 11) is 1.58. The summed E-state index contributed by atoms with van der Waals surface area (Å²) in [5.74, 6) is 2.38. The molecule has 0 saturated carbocycles. The van der Waals surface area contributed by atoms with Gasteiger partial charge in [-0.2, -0.15) is 0 Å². The maximum Gasteiger partial charge on any atom is 0.245 e. The van der Waals surface area contributed by atoms with E-state index in [1.807, 2.05) is 12.1 Å². The average Bonchev–Trinajstić information content (AvgIpc) is 3.50. The molecule has 35 heavy (non-hydrogen) atoms. The Hall–Kier alpha value is -4.11. The van der Waals surface area contributed by atoms with Crippen LogP contribution in [0.3, 0.4) is 0 Å². The number of halogens is 1. The number of carbonyl (C=O) groups excluding carboxylic acids is 1. The van der Waals surface area contributed by atoms with Crippen molar-refractivity contribution in [3.05, 3.63) is 72.2 Å². The van der Waals surface area contributed by atoms with Gasteiger partial charge in [0.25, 0.3) is 0 Å². The molecule has 1 saturated heterocycles. The van der Waals surface area contributed by atoms with Gasteiger partial charge in [0.1, 0.15) is 17.3 Å². The zero-order chi connectivity index (χ0) is 24.5. The van der Waals surface area contributed by atoms with Crippen LogP contribution >= 0.6 is 11.6 Å². The Morgan fingerprint density at radius 2 is 2.03 bits per heavy atom. The molecule has 1 atom stereocenters. The maximum atomic E-state index is 12.1. The van der Waals surface area contributed by atoms with Crippen LogP contribution in [0.1, 0.15) is 18.0 Å². The lowest BCUT2D eigenvalue weighted by Crippen LogP contribution is -2.26. The van der Waals surface area contributed by atoms with Crippen molar-refractivity contribution in [2.45, 2.75) is 12.3 Å². The molecule has 1 fully saturated rings. The second kappa shape index (κ2) is 9.27. The molecule has 1 aliphatic rings. The van der Waals surface area contributed by atoms with E-state index in [9.17, 15) is 4.79 Å². The van der Waals surface area contributed by atoms with E-state index < -0.39 is 0 Å². The lowest BCUT2D eigenvalue weighted by atomic mass is 10.0. The number of likely N-dealkylation sites (tertiary alicyclic amines) is 1. The molecule has 5 rings (SSSR count). The van der Waals surface area contributed by atoms with Crippen LogP contribution in [0.4, 0.5) is 5.95 Å².